The molecule has 0 unspecified atom stereocenters. The van der Waals surface area contributed by atoms with Gasteiger partial charge in [-0.25, -0.2) is 4.79 Å². The van der Waals surface area contributed by atoms with Crippen molar-refractivity contribution in [2.24, 2.45) is 0 Å². The zero-order valence-electron chi connectivity index (χ0n) is 23.4. The minimum atomic E-state index is -0.398. The molecule has 11 heteroatoms. The van der Waals surface area contributed by atoms with E-state index < -0.39 is 6.03 Å². The Morgan fingerprint density at radius 1 is 0.786 bits per heavy atom. The molecule has 4 aromatic rings. The number of amides is 3. The van der Waals surface area contributed by atoms with Crippen molar-refractivity contribution in [1.29, 1.82) is 0 Å². The maximum Gasteiger partial charge on any atom is 0.323 e. The molecule has 2 heterocycles. The summed E-state index contributed by atoms with van der Waals surface area (Å²) < 4.78 is 5.48. The Labute approximate surface area is 244 Å². The lowest BCUT2D eigenvalue weighted by molar-refractivity contribution is 0.0827. The van der Waals surface area contributed by atoms with E-state index in [2.05, 4.69) is 35.8 Å². The maximum absolute atomic E-state index is 12.5. The summed E-state index contributed by atoms with van der Waals surface area (Å²) >= 11 is 0. The van der Waals surface area contributed by atoms with E-state index >= 15 is 0 Å². The number of hydrogen-bond acceptors (Lipinski definition) is 8. The molecular formula is C31H32N8O3. The fourth-order valence-corrected chi connectivity index (χ4v) is 4.16. The third-order valence-electron chi connectivity index (χ3n) is 6.35. The summed E-state index contributed by atoms with van der Waals surface area (Å²) in [5.74, 6) is 1.42. The number of anilines is 5. The normalized spacial score (nSPS) is 13.0. The molecule has 214 valence electrons. The van der Waals surface area contributed by atoms with Crippen molar-refractivity contribution in [3.8, 4) is 0 Å². The summed E-state index contributed by atoms with van der Waals surface area (Å²) in [5, 5.41) is 8.83. The topological polar surface area (TPSA) is 125 Å². The first kappa shape index (κ1) is 28.2. The molecule has 11 nitrogen and oxygen atoms in total. The third kappa shape index (κ3) is 7.67. The van der Waals surface area contributed by atoms with Gasteiger partial charge in [0.05, 0.1) is 13.2 Å². The number of benzene rings is 3. The van der Waals surface area contributed by atoms with Crippen LogP contribution in [0.3, 0.4) is 0 Å². The number of nitrogens with one attached hydrogen (secondary N) is 3. The van der Waals surface area contributed by atoms with E-state index in [1.807, 2.05) is 54.6 Å². The minimum absolute atomic E-state index is 0.103. The summed E-state index contributed by atoms with van der Waals surface area (Å²) in [5.41, 5.74) is 3.52. The average Bonchev–Trinajstić information content (AvgIpc) is 3.02. The van der Waals surface area contributed by atoms with Crippen LogP contribution in [-0.4, -0.2) is 72.2 Å². The van der Waals surface area contributed by atoms with Gasteiger partial charge in [-0.2, -0.15) is 15.0 Å². The first-order valence-corrected chi connectivity index (χ1v) is 13.5. The van der Waals surface area contributed by atoms with Crippen LogP contribution in [-0.2, 0) is 4.74 Å². The highest BCUT2D eigenvalue weighted by Gasteiger charge is 2.16. The van der Waals surface area contributed by atoms with Gasteiger partial charge in [-0.05, 0) is 60.2 Å². The van der Waals surface area contributed by atoms with Gasteiger partial charge in [0.1, 0.15) is 0 Å². The number of aromatic nitrogens is 3. The number of carbonyl (C=O) groups excluding carboxylic acids is 2. The van der Waals surface area contributed by atoms with Crippen LogP contribution in [0.2, 0.25) is 0 Å². The van der Waals surface area contributed by atoms with Crippen molar-refractivity contribution in [2.45, 2.75) is 0 Å². The van der Waals surface area contributed by atoms with E-state index in [1.54, 1.807) is 50.5 Å². The third-order valence-corrected chi connectivity index (χ3v) is 6.35. The number of rotatable bonds is 8. The van der Waals surface area contributed by atoms with Crippen LogP contribution in [0, 0.1) is 0 Å². The predicted molar refractivity (Wildman–Crippen MR) is 165 cm³/mol. The van der Waals surface area contributed by atoms with E-state index in [0.29, 0.717) is 61.0 Å². The highest BCUT2D eigenvalue weighted by molar-refractivity contribution is 6.00. The van der Waals surface area contributed by atoms with Gasteiger partial charge in [-0.15, -0.1) is 0 Å². The lowest BCUT2D eigenvalue weighted by atomic mass is 10.2. The molecule has 3 aromatic carbocycles. The van der Waals surface area contributed by atoms with Gasteiger partial charge in [0.15, 0.2) is 5.82 Å². The van der Waals surface area contributed by atoms with Crippen LogP contribution in [0.15, 0.2) is 78.9 Å². The summed E-state index contributed by atoms with van der Waals surface area (Å²) in [7, 11) is 3.38. The van der Waals surface area contributed by atoms with Gasteiger partial charge < -0.3 is 30.5 Å². The zero-order valence-corrected chi connectivity index (χ0v) is 23.4. The molecule has 1 saturated heterocycles. The number of urea groups is 1. The quantitative estimate of drug-likeness (QED) is 0.274. The van der Waals surface area contributed by atoms with Crippen LogP contribution in [0.25, 0.3) is 12.2 Å². The van der Waals surface area contributed by atoms with Crippen molar-refractivity contribution in [3.63, 3.8) is 0 Å². The lowest BCUT2D eigenvalue weighted by Gasteiger charge is -2.27. The van der Waals surface area contributed by atoms with E-state index in [-0.39, 0.29) is 5.91 Å². The largest absolute Gasteiger partial charge is 0.378 e. The SMILES string of the molecule is CN(C)C(=O)c1ccc(NC(=O)Nc2ccc(Nc3nc(/C=C/c4ccccc4)nc(N4CCOCC4)n3)cc2)cc1. The molecule has 3 amide bonds. The highest BCUT2D eigenvalue weighted by Crippen LogP contribution is 2.20. The summed E-state index contributed by atoms with van der Waals surface area (Å²) in [6.45, 7) is 2.64. The number of ether oxygens (including phenoxy) is 1. The summed E-state index contributed by atoms with van der Waals surface area (Å²) in [6.07, 6.45) is 3.83. The Bertz CT molecular complexity index is 1540. The van der Waals surface area contributed by atoms with Crippen LogP contribution >= 0.6 is 0 Å². The Morgan fingerprint density at radius 3 is 2.05 bits per heavy atom. The molecule has 0 aliphatic carbocycles. The van der Waals surface area contributed by atoms with Gasteiger partial charge in [0, 0.05) is 49.8 Å². The molecule has 3 N–H and O–H groups in total. The first-order chi connectivity index (χ1) is 20.4. The van der Waals surface area contributed by atoms with Crippen LogP contribution in [0.1, 0.15) is 21.7 Å². The molecule has 5 rings (SSSR count). The van der Waals surface area contributed by atoms with Gasteiger partial charge >= 0.3 is 6.03 Å². The van der Waals surface area contributed by atoms with Gasteiger partial charge in [0.25, 0.3) is 5.91 Å². The lowest BCUT2D eigenvalue weighted by Crippen LogP contribution is -2.37. The highest BCUT2D eigenvalue weighted by atomic mass is 16.5. The molecule has 1 aromatic heterocycles. The maximum atomic E-state index is 12.5. The second-order valence-corrected chi connectivity index (χ2v) is 9.72. The van der Waals surface area contributed by atoms with E-state index in [1.165, 1.54) is 4.90 Å². The smallest absolute Gasteiger partial charge is 0.323 e. The number of morpholine rings is 1. The fraction of sp³-hybridized carbons (Fsp3) is 0.194. The van der Waals surface area contributed by atoms with E-state index in [9.17, 15) is 9.59 Å². The second kappa shape index (κ2) is 13.4. The van der Waals surface area contributed by atoms with Crippen LogP contribution < -0.4 is 20.9 Å². The van der Waals surface area contributed by atoms with E-state index in [0.717, 1.165) is 11.3 Å². The molecule has 42 heavy (non-hydrogen) atoms. The van der Waals surface area contributed by atoms with Crippen molar-refractivity contribution < 1.29 is 14.3 Å². The molecule has 0 atom stereocenters. The molecule has 0 spiro atoms. The fourth-order valence-electron chi connectivity index (χ4n) is 4.16. The Balaban J connectivity index is 1.24. The first-order valence-electron chi connectivity index (χ1n) is 13.5. The molecular weight excluding hydrogens is 532 g/mol. The molecule has 0 bridgehead atoms. The van der Waals surface area contributed by atoms with Crippen LogP contribution in [0.4, 0.5) is 33.8 Å². The minimum Gasteiger partial charge on any atom is -0.378 e. The molecule has 0 radical (unpaired) electrons. The molecule has 1 aliphatic rings. The Kier molecular flexibility index (Phi) is 9.00. The monoisotopic (exact) mass is 564 g/mol. The average molecular weight is 565 g/mol. The standard InChI is InChI=1S/C31H32N8O3/c1-38(2)28(40)23-9-11-25(12-10-23)33-31(41)34-26-15-13-24(14-16-26)32-29-35-27(17-8-22-6-4-3-5-7-22)36-30(37-29)39-18-20-42-21-19-39/h3-17H,18-21H2,1-2H3,(H2,33,34,41)(H,32,35,36,37)/b17-8+. The van der Waals surface area contributed by atoms with Gasteiger partial charge in [-0.3, -0.25) is 4.79 Å². The second-order valence-electron chi connectivity index (χ2n) is 9.72. The van der Waals surface area contributed by atoms with Gasteiger partial charge in [-0.1, -0.05) is 36.4 Å². The van der Waals surface area contributed by atoms with E-state index in [4.69, 9.17) is 4.74 Å². The van der Waals surface area contributed by atoms with Crippen molar-refractivity contribution in [3.05, 3.63) is 95.8 Å². The van der Waals surface area contributed by atoms with Crippen molar-refractivity contribution in [2.75, 3.05) is 61.2 Å². The number of hydrogen-bond donors (Lipinski definition) is 3. The molecule has 0 saturated carbocycles. The Morgan fingerprint density at radius 2 is 1.40 bits per heavy atom. The van der Waals surface area contributed by atoms with Crippen molar-refractivity contribution >= 4 is 53.0 Å². The predicted octanol–water partition coefficient (Wildman–Crippen LogP) is 4.97. The molecule has 1 fully saturated rings. The Hall–Kier alpha value is -5.29. The van der Waals surface area contributed by atoms with Crippen LogP contribution in [0.5, 0.6) is 0 Å². The number of nitrogens with zero attached hydrogens (tertiary/aromatic N) is 5. The van der Waals surface area contributed by atoms with Crippen molar-refractivity contribution in [1.82, 2.24) is 19.9 Å². The zero-order chi connectivity index (χ0) is 29.3. The summed E-state index contributed by atoms with van der Waals surface area (Å²) in [4.78, 5) is 42.1. The van der Waals surface area contributed by atoms with Gasteiger partial charge in [0.2, 0.25) is 11.9 Å². The molecule has 1 aliphatic heterocycles. The number of carbonyl (C=O) groups is 2. The summed E-state index contributed by atoms with van der Waals surface area (Å²) in [6, 6.07) is 23.5.